The molecule has 88 valence electrons. The van der Waals surface area contributed by atoms with Gasteiger partial charge in [0.1, 0.15) is 5.76 Å². The molecule has 1 aromatic heterocycles. The molecule has 1 aromatic rings. The molecule has 1 saturated heterocycles. The lowest BCUT2D eigenvalue weighted by Crippen LogP contribution is -2.30. The van der Waals surface area contributed by atoms with Gasteiger partial charge in [-0.05, 0) is 32.7 Å². The van der Waals surface area contributed by atoms with E-state index in [0.29, 0.717) is 24.0 Å². The molecule has 5 heteroatoms. The van der Waals surface area contributed by atoms with Crippen LogP contribution >= 0.6 is 0 Å². The first-order valence-electron chi connectivity index (χ1n) is 5.70. The third kappa shape index (κ3) is 2.82. The van der Waals surface area contributed by atoms with Crippen LogP contribution in [0.3, 0.4) is 0 Å². The monoisotopic (exact) mass is 223 g/mol. The predicted molar refractivity (Wildman–Crippen MR) is 59.2 cm³/mol. The maximum Gasteiger partial charge on any atom is 0.273 e. The van der Waals surface area contributed by atoms with Gasteiger partial charge in [0.15, 0.2) is 5.69 Å². The molecular formula is C11H17N3O2. The van der Waals surface area contributed by atoms with Crippen molar-refractivity contribution in [3.8, 4) is 0 Å². The molecule has 1 amide bonds. The van der Waals surface area contributed by atoms with Crippen LogP contribution in [0.2, 0.25) is 0 Å². The van der Waals surface area contributed by atoms with Crippen LogP contribution < -0.4 is 10.6 Å². The molecule has 0 aliphatic carbocycles. The number of aromatic nitrogens is 1. The molecule has 0 unspecified atom stereocenters. The quantitative estimate of drug-likeness (QED) is 0.794. The molecule has 0 saturated carbocycles. The molecule has 1 atom stereocenters. The lowest BCUT2D eigenvalue weighted by Gasteiger charge is -2.09. The van der Waals surface area contributed by atoms with Crippen molar-refractivity contribution in [1.29, 1.82) is 0 Å². The van der Waals surface area contributed by atoms with Crippen LogP contribution in [0.1, 0.15) is 35.5 Å². The summed E-state index contributed by atoms with van der Waals surface area (Å²) in [6.07, 6.45) is 3.42. The van der Waals surface area contributed by atoms with E-state index in [-0.39, 0.29) is 5.91 Å². The van der Waals surface area contributed by atoms with E-state index in [4.69, 9.17) is 4.52 Å². The van der Waals surface area contributed by atoms with Crippen LogP contribution in [-0.2, 0) is 0 Å². The van der Waals surface area contributed by atoms with Gasteiger partial charge in [0.05, 0.1) is 0 Å². The van der Waals surface area contributed by atoms with Gasteiger partial charge in [-0.2, -0.15) is 0 Å². The Morgan fingerprint density at radius 2 is 2.62 bits per heavy atom. The second-order valence-electron chi connectivity index (χ2n) is 4.16. The number of nitrogens with zero attached hydrogens (tertiary/aromatic N) is 1. The van der Waals surface area contributed by atoms with Crippen molar-refractivity contribution in [3.63, 3.8) is 0 Å². The summed E-state index contributed by atoms with van der Waals surface area (Å²) in [4.78, 5) is 11.6. The van der Waals surface area contributed by atoms with E-state index in [1.54, 1.807) is 13.0 Å². The minimum Gasteiger partial charge on any atom is -0.361 e. The van der Waals surface area contributed by atoms with Crippen molar-refractivity contribution in [1.82, 2.24) is 15.8 Å². The number of aryl methyl sites for hydroxylation is 1. The van der Waals surface area contributed by atoms with Gasteiger partial charge in [-0.1, -0.05) is 5.16 Å². The first-order chi connectivity index (χ1) is 7.75. The highest BCUT2D eigenvalue weighted by Gasteiger charge is 2.15. The van der Waals surface area contributed by atoms with Gasteiger partial charge in [0.2, 0.25) is 0 Å². The fourth-order valence-corrected chi connectivity index (χ4v) is 1.93. The Hall–Kier alpha value is -1.36. The van der Waals surface area contributed by atoms with Crippen molar-refractivity contribution in [2.24, 2.45) is 0 Å². The molecule has 1 fully saturated rings. The number of hydrogen-bond donors (Lipinski definition) is 2. The van der Waals surface area contributed by atoms with Crippen LogP contribution in [0.15, 0.2) is 10.6 Å². The van der Waals surface area contributed by atoms with Gasteiger partial charge in [-0.15, -0.1) is 0 Å². The van der Waals surface area contributed by atoms with Crippen LogP contribution in [0.25, 0.3) is 0 Å². The molecule has 0 bridgehead atoms. The summed E-state index contributed by atoms with van der Waals surface area (Å²) in [5.41, 5.74) is 0.358. The second kappa shape index (κ2) is 5.12. The molecule has 2 heterocycles. The zero-order chi connectivity index (χ0) is 11.4. The fourth-order valence-electron chi connectivity index (χ4n) is 1.93. The zero-order valence-electron chi connectivity index (χ0n) is 9.45. The molecule has 1 aliphatic rings. The summed E-state index contributed by atoms with van der Waals surface area (Å²) in [5, 5.41) is 9.89. The Balaban J connectivity index is 1.71. The van der Waals surface area contributed by atoms with E-state index < -0.39 is 0 Å². The van der Waals surface area contributed by atoms with Crippen molar-refractivity contribution in [3.05, 3.63) is 17.5 Å². The van der Waals surface area contributed by atoms with Gasteiger partial charge < -0.3 is 15.2 Å². The normalized spacial score (nSPS) is 19.9. The van der Waals surface area contributed by atoms with Gasteiger partial charge in [-0.25, -0.2) is 0 Å². The van der Waals surface area contributed by atoms with Crippen LogP contribution in [-0.4, -0.2) is 30.2 Å². The van der Waals surface area contributed by atoms with Gasteiger partial charge in [-0.3, -0.25) is 4.79 Å². The number of nitrogens with one attached hydrogen (secondary N) is 2. The van der Waals surface area contributed by atoms with E-state index in [2.05, 4.69) is 15.8 Å². The number of carbonyl (C=O) groups is 1. The standard InChI is InChI=1S/C11H17N3O2/c1-8-7-10(14-16-8)11(15)13-6-4-9-3-2-5-12-9/h7,9,12H,2-6H2,1H3,(H,13,15)/t9-/m1/s1. The molecular weight excluding hydrogens is 206 g/mol. The summed E-state index contributed by atoms with van der Waals surface area (Å²) in [5.74, 6) is 0.498. The van der Waals surface area contributed by atoms with Crippen LogP contribution in [0.4, 0.5) is 0 Å². The van der Waals surface area contributed by atoms with E-state index in [1.165, 1.54) is 12.8 Å². The highest BCUT2D eigenvalue weighted by atomic mass is 16.5. The Bertz CT molecular complexity index is 356. The van der Waals surface area contributed by atoms with Crippen molar-refractivity contribution in [2.75, 3.05) is 13.1 Å². The lowest BCUT2D eigenvalue weighted by atomic mass is 10.1. The number of carbonyl (C=O) groups excluding carboxylic acids is 1. The second-order valence-corrected chi connectivity index (χ2v) is 4.16. The third-order valence-electron chi connectivity index (χ3n) is 2.80. The zero-order valence-corrected chi connectivity index (χ0v) is 9.45. The molecule has 2 rings (SSSR count). The lowest BCUT2D eigenvalue weighted by molar-refractivity contribution is 0.0943. The van der Waals surface area contributed by atoms with E-state index in [1.807, 2.05) is 0 Å². The van der Waals surface area contributed by atoms with Crippen LogP contribution in [0.5, 0.6) is 0 Å². The average Bonchev–Trinajstić information content (AvgIpc) is 2.89. The molecule has 5 nitrogen and oxygen atoms in total. The molecule has 0 aromatic carbocycles. The average molecular weight is 223 g/mol. The predicted octanol–water partition coefficient (Wildman–Crippen LogP) is 0.855. The maximum absolute atomic E-state index is 11.6. The summed E-state index contributed by atoms with van der Waals surface area (Å²) in [7, 11) is 0. The third-order valence-corrected chi connectivity index (χ3v) is 2.80. The summed E-state index contributed by atoms with van der Waals surface area (Å²) < 4.78 is 4.84. The Kier molecular flexibility index (Phi) is 3.56. The highest BCUT2D eigenvalue weighted by molar-refractivity contribution is 5.92. The van der Waals surface area contributed by atoms with Crippen molar-refractivity contribution >= 4 is 5.91 Å². The smallest absolute Gasteiger partial charge is 0.273 e. The molecule has 0 spiro atoms. The van der Waals surface area contributed by atoms with Crippen LogP contribution in [0, 0.1) is 6.92 Å². The van der Waals surface area contributed by atoms with Gasteiger partial charge in [0, 0.05) is 18.7 Å². The first-order valence-corrected chi connectivity index (χ1v) is 5.70. The molecule has 0 radical (unpaired) electrons. The summed E-state index contributed by atoms with van der Waals surface area (Å²) in [6, 6.07) is 2.20. The maximum atomic E-state index is 11.6. The minimum absolute atomic E-state index is 0.158. The van der Waals surface area contributed by atoms with E-state index in [0.717, 1.165) is 13.0 Å². The van der Waals surface area contributed by atoms with Gasteiger partial charge >= 0.3 is 0 Å². The van der Waals surface area contributed by atoms with Crippen molar-refractivity contribution in [2.45, 2.75) is 32.2 Å². The SMILES string of the molecule is Cc1cc(C(=O)NCC[C@H]2CCCN2)no1. The van der Waals surface area contributed by atoms with E-state index >= 15 is 0 Å². The molecule has 16 heavy (non-hydrogen) atoms. The summed E-state index contributed by atoms with van der Waals surface area (Å²) >= 11 is 0. The Morgan fingerprint density at radius 1 is 1.75 bits per heavy atom. The van der Waals surface area contributed by atoms with E-state index in [9.17, 15) is 4.79 Å². The van der Waals surface area contributed by atoms with Gasteiger partial charge in [0.25, 0.3) is 5.91 Å². The first kappa shape index (κ1) is 11.1. The number of amides is 1. The topological polar surface area (TPSA) is 67.2 Å². The molecule has 1 aliphatic heterocycles. The summed E-state index contributed by atoms with van der Waals surface area (Å²) in [6.45, 7) is 3.55. The fraction of sp³-hybridized carbons (Fsp3) is 0.636. The number of rotatable bonds is 4. The minimum atomic E-state index is -0.158. The largest absolute Gasteiger partial charge is 0.361 e. The Labute approximate surface area is 94.6 Å². The Morgan fingerprint density at radius 3 is 3.25 bits per heavy atom. The van der Waals surface area contributed by atoms with Crippen molar-refractivity contribution < 1.29 is 9.32 Å². The number of hydrogen-bond acceptors (Lipinski definition) is 4. The molecule has 2 N–H and O–H groups in total. The highest BCUT2D eigenvalue weighted by Crippen LogP contribution is 2.07.